The Bertz CT molecular complexity index is 813. The number of rotatable bonds is 3. The third kappa shape index (κ3) is 2.85. The maximum atomic E-state index is 11.4. The fourth-order valence-corrected chi connectivity index (χ4v) is 3.05. The second-order valence-corrected chi connectivity index (χ2v) is 6.71. The summed E-state index contributed by atoms with van der Waals surface area (Å²) in [5.41, 5.74) is 0.488. The van der Waals surface area contributed by atoms with Gasteiger partial charge in [-0.15, -0.1) is 11.3 Å². The zero-order valence-corrected chi connectivity index (χ0v) is 13.5. The van der Waals surface area contributed by atoms with Crippen LogP contribution in [0.4, 0.5) is 0 Å². The Morgan fingerprint density at radius 3 is 2.71 bits per heavy atom. The number of carbonyl (C=O) groups is 1. The van der Waals surface area contributed by atoms with E-state index in [1.165, 1.54) is 22.2 Å². The van der Waals surface area contributed by atoms with Crippen LogP contribution >= 0.6 is 38.9 Å². The number of aromatic carboxylic acids is 1. The van der Waals surface area contributed by atoms with Gasteiger partial charge < -0.3 is 5.11 Å². The van der Waals surface area contributed by atoms with Gasteiger partial charge in [-0.3, -0.25) is 0 Å². The van der Waals surface area contributed by atoms with Crippen molar-refractivity contribution in [1.82, 2.24) is 14.8 Å². The average Bonchev–Trinajstić information content (AvgIpc) is 3.05. The summed E-state index contributed by atoms with van der Waals surface area (Å²) in [7, 11) is 0. The molecule has 0 radical (unpaired) electrons. The fraction of sp³-hybridized carbons (Fsp3) is 0. The van der Waals surface area contributed by atoms with Gasteiger partial charge in [-0.2, -0.15) is 5.10 Å². The Balaban J connectivity index is 2.12. The number of aromatic nitrogens is 3. The first-order valence-electron chi connectivity index (χ1n) is 5.75. The number of carboxylic acids is 1. The summed E-state index contributed by atoms with van der Waals surface area (Å²) in [6.07, 6.45) is 3.07. The van der Waals surface area contributed by atoms with Crippen LogP contribution < -0.4 is 0 Å². The lowest BCUT2D eigenvalue weighted by molar-refractivity contribution is 0.0697. The predicted octanol–water partition coefficient (Wildman–Crippen LogP) is 4.11. The molecular weight excluding hydrogens is 378 g/mol. The Morgan fingerprint density at radius 1 is 1.33 bits per heavy atom. The Morgan fingerprint density at radius 2 is 2.14 bits per heavy atom. The van der Waals surface area contributed by atoms with E-state index in [2.05, 4.69) is 26.0 Å². The lowest BCUT2D eigenvalue weighted by Crippen LogP contribution is -1.97. The molecule has 0 fully saturated rings. The van der Waals surface area contributed by atoms with Gasteiger partial charge in [0.1, 0.15) is 11.3 Å². The van der Waals surface area contributed by atoms with Crippen molar-refractivity contribution in [2.45, 2.75) is 0 Å². The summed E-state index contributed by atoms with van der Waals surface area (Å²) >= 11 is 10.5. The molecule has 3 heterocycles. The van der Waals surface area contributed by atoms with Crippen LogP contribution in [-0.2, 0) is 0 Å². The monoisotopic (exact) mass is 383 g/mol. The fourth-order valence-electron chi connectivity index (χ4n) is 1.77. The predicted molar refractivity (Wildman–Crippen MR) is 84.3 cm³/mol. The number of carboxylic acid groups (broad SMARTS) is 1. The summed E-state index contributed by atoms with van der Waals surface area (Å²) in [6.45, 7) is 0. The van der Waals surface area contributed by atoms with Crippen LogP contribution in [0, 0.1) is 0 Å². The molecule has 3 aromatic heterocycles. The van der Waals surface area contributed by atoms with Crippen LogP contribution in [0.2, 0.25) is 4.34 Å². The molecule has 0 saturated carbocycles. The molecule has 1 N–H and O–H groups in total. The molecule has 3 aromatic rings. The van der Waals surface area contributed by atoms with E-state index in [1.54, 1.807) is 24.4 Å². The van der Waals surface area contributed by atoms with Crippen molar-refractivity contribution < 1.29 is 9.90 Å². The molecule has 0 amide bonds. The largest absolute Gasteiger partial charge is 0.478 e. The van der Waals surface area contributed by atoms with Crippen LogP contribution in [0.25, 0.3) is 16.4 Å². The number of halogens is 2. The number of pyridine rings is 1. The second-order valence-electron chi connectivity index (χ2n) is 4.08. The van der Waals surface area contributed by atoms with Crippen LogP contribution in [-0.4, -0.2) is 25.8 Å². The van der Waals surface area contributed by atoms with Crippen molar-refractivity contribution in [3.63, 3.8) is 0 Å². The molecule has 106 valence electrons. The minimum absolute atomic E-state index is 0.109. The van der Waals surface area contributed by atoms with Crippen LogP contribution in [0.5, 0.6) is 0 Å². The molecule has 5 nitrogen and oxygen atoms in total. The van der Waals surface area contributed by atoms with E-state index in [1.807, 2.05) is 6.07 Å². The highest BCUT2D eigenvalue weighted by molar-refractivity contribution is 9.10. The smallest absolute Gasteiger partial charge is 0.339 e. The van der Waals surface area contributed by atoms with Gasteiger partial charge in [0.25, 0.3) is 0 Å². The van der Waals surface area contributed by atoms with Crippen molar-refractivity contribution in [1.29, 1.82) is 0 Å². The molecule has 8 heteroatoms. The van der Waals surface area contributed by atoms with Gasteiger partial charge >= 0.3 is 5.97 Å². The van der Waals surface area contributed by atoms with Gasteiger partial charge in [0.05, 0.1) is 9.21 Å². The van der Waals surface area contributed by atoms with E-state index in [0.29, 0.717) is 20.7 Å². The molecule has 0 aromatic carbocycles. The molecule has 0 bridgehead atoms. The maximum Gasteiger partial charge on any atom is 0.339 e. The number of hydrogen-bond acceptors (Lipinski definition) is 4. The van der Waals surface area contributed by atoms with Crippen LogP contribution in [0.3, 0.4) is 0 Å². The van der Waals surface area contributed by atoms with E-state index in [0.717, 1.165) is 4.47 Å². The van der Waals surface area contributed by atoms with E-state index < -0.39 is 5.97 Å². The Hall–Kier alpha value is -1.70. The van der Waals surface area contributed by atoms with Gasteiger partial charge in [0.15, 0.2) is 5.82 Å². The van der Waals surface area contributed by atoms with E-state index >= 15 is 0 Å². The first-order valence-corrected chi connectivity index (χ1v) is 7.74. The van der Waals surface area contributed by atoms with Crippen molar-refractivity contribution in [3.8, 4) is 16.4 Å². The number of nitrogens with zero attached hydrogens (tertiary/aromatic N) is 3. The summed E-state index contributed by atoms with van der Waals surface area (Å²) in [4.78, 5) is 16.3. The summed E-state index contributed by atoms with van der Waals surface area (Å²) in [6, 6.07) is 7.02. The normalized spacial score (nSPS) is 10.8. The first kappa shape index (κ1) is 14.2. The first-order chi connectivity index (χ1) is 10.0. The lowest BCUT2D eigenvalue weighted by Gasteiger charge is -1.99. The SMILES string of the molecule is O=C(O)c1cn(-c2ccc(Br)cn2)nc1-c1ccc(Cl)s1. The lowest BCUT2D eigenvalue weighted by atomic mass is 10.2. The molecular formula is C13H7BrClN3O2S. The van der Waals surface area contributed by atoms with E-state index in [9.17, 15) is 9.90 Å². The quantitative estimate of drug-likeness (QED) is 0.738. The third-order valence-corrected chi connectivity index (χ3v) is 4.40. The summed E-state index contributed by atoms with van der Waals surface area (Å²) in [5, 5.41) is 13.7. The van der Waals surface area contributed by atoms with E-state index in [4.69, 9.17) is 11.6 Å². The number of thiophene rings is 1. The Kier molecular flexibility index (Phi) is 3.79. The van der Waals surface area contributed by atoms with Crippen molar-refractivity contribution >= 4 is 44.8 Å². The van der Waals surface area contributed by atoms with Crippen LogP contribution in [0.15, 0.2) is 41.1 Å². The summed E-state index contributed by atoms with van der Waals surface area (Å²) in [5.74, 6) is -0.507. The molecule has 0 atom stereocenters. The van der Waals surface area contributed by atoms with Gasteiger partial charge in [-0.25, -0.2) is 14.5 Å². The molecule has 3 rings (SSSR count). The van der Waals surface area contributed by atoms with Gasteiger partial charge in [0.2, 0.25) is 0 Å². The maximum absolute atomic E-state index is 11.4. The molecule has 0 aliphatic heterocycles. The zero-order valence-electron chi connectivity index (χ0n) is 10.3. The molecule has 0 aliphatic rings. The summed E-state index contributed by atoms with van der Waals surface area (Å²) < 4.78 is 2.86. The van der Waals surface area contributed by atoms with Crippen molar-refractivity contribution in [2.24, 2.45) is 0 Å². The molecule has 21 heavy (non-hydrogen) atoms. The zero-order chi connectivity index (χ0) is 15.0. The standard InChI is InChI=1S/C13H7BrClN3O2S/c14-7-1-4-11(16-5-7)18-6-8(13(19)20)12(17-18)9-2-3-10(15)21-9/h1-6H,(H,19,20). The van der Waals surface area contributed by atoms with Gasteiger partial charge in [0, 0.05) is 16.9 Å². The second kappa shape index (κ2) is 5.59. The van der Waals surface area contributed by atoms with E-state index in [-0.39, 0.29) is 5.56 Å². The van der Waals surface area contributed by atoms with Crippen molar-refractivity contribution in [2.75, 3.05) is 0 Å². The number of hydrogen-bond donors (Lipinski definition) is 1. The van der Waals surface area contributed by atoms with Gasteiger partial charge in [-0.05, 0) is 40.2 Å². The third-order valence-electron chi connectivity index (χ3n) is 2.70. The average molecular weight is 385 g/mol. The van der Waals surface area contributed by atoms with Gasteiger partial charge in [-0.1, -0.05) is 11.6 Å². The minimum atomic E-state index is -1.04. The topological polar surface area (TPSA) is 68.0 Å². The molecule has 0 aliphatic carbocycles. The highest BCUT2D eigenvalue weighted by Gasteiger charge is 2.19. The molecule has 0 unspecified atom stereocenters. The Labute approximate surface area is 137 Å². The molecule has 0 saturated heterocycles. The highest BCUT2D eigenvalue weighted by Crippen LogP contribution is 2.32. The van der Waals surface area contributed by atoms with Crippen LogP contribution in [0.1, 0.15) is 10.4 Å². The minimum Gasteiger partial charge on any atom is -0.478 e. The van der Waals surface area contributed by atoms with Crippen molar-refractivity contribution in [3.05, 3.63) is 51.0 Å². The highest BCUT2D eigenvalue weighted by atomic mass is 79.9. The molecule has 0 spiro atoms.